The minimum absolute atomic E-state index is 0.0199. The summed E-state index contributed by atoms with van der Waals surface area (Å²) in [4.78, 5) is 23.2. The highest BCUT2D eigenvalue weighted by molar-refractivity contribution is 5.91. The van der Waals surface area contributed by atoms with Crippen LogP contribution in [0.4, 0.5) is 0 Å². The van der Waals surface area contributed by atoms with E-state index in [1.54, 1.807) is 6.07 Å². The van der Waals surface area contributed by atoms with E-state index in [2.05, 4.69) is 10.5 Å². The summed E-state index contributed by atoms with van der Waals surface area (Å²) in [5.41, 5.74) is 0.0567. The number of aromatic nitrogens is 1. The molecule has 0 saturated heterocycles. The Hall–Kier alpha value is -2.37. The molecule has 3 rings (SSSR count). The van der Waals surface area contributed by atoms with E-state index in [1.807, 2.05) is 18.2 Å². The number of hydrogen-bond donors (Lipinski definition) is 2. The Kier molecular flexibility index (Phi) is 2.93. The second-order valence-electron chi connectivity index (χ2n) is 5.09. The van der Waals surface area contributed by atoms with E-state index in [0.717, 1.165) is 11.8 Å². The number of rotatable bonds is 4. The lowest BCUT2D eigenvalue weighted by Gasteiger charge is -2.38. The number of benzene rings is 1. The highest BCUT2D eigenvalue weighted by Crippen LogP contribution is 2.32. The van der Waals surface area contributed by atoms with Gasteiger partial charge in [0.2, 0.25) is 5.91 Å². The van der Waals surface area contributed by atoms with Crippen LogP contribution in [0.1, 0.15) is 25.0 Å². The first-order valence-electron chi connectivity index (χ1n) is 6.48. The SMILES string of the molecule is O=C(Cc1noc2ccccc12)NC1(C(=O)O)CCC1. The molecule has 1 amide bonds. The van der Waals surface area contributed by atoms with Crippen molar-refractivity contribution < 1.29 is 19.2 Å². The third kappa shape index (κ3) is 2.03. The zero-order valence-electron chi connectivity index (χ0n) is 10.8. The van der Waals surface area contributed by atoms with Crippen LogP contribution in [0, 0.1) is 0 Å². The van der Waals surface area contributed by atoms with E-state index in [0.29, 0.717) is 24.1 Å². The number of aliphatic carboxylic acids is 1. The van der Waals surface area contributed by atoms with Crippen LogP contribution in [0.5, 0.6) is 0 Å². The van der Waals surface area contributed by atoms with Crippen LogP contribution in [0.15, 0.2) is 28.8 Å². The van der Waals surface area contributed by atoms with Gasteiger partial charge in [0, 0.05) is 5.39 Å². The normalized spacial score (nSPS) is 16.6. The molecular formula is C14H14N2O4. The van der Waals surface area contributed by atoms with Crippen molar-refractivity contribution >= 4 is 22.8 Å². The number of para-hydroxylation sites is 1. The predicted molar refractivity (Wildman–Crippen MR) is 70.1 cm³/mol. The van der Waals surface area contributed by atoms with E-state index < -0.39 is 11.5 Å². The van der Waals surface area contributed by atoms with Gasteiger partial charge in [-0.25, -0.2) is 4.79 Å². The number of fused-ring (bicyclic) bond motifs is 1. The summed E-state index contributed by atoms with van der Waals surface area (Å²) in [5, 5.41) is 16.4. The lowest BCUT2D eigenvalue weighted by Crippen LogP contribution is -2.59. The van der Waals surface area contributed by atoms with Gasteiger partial charge in [-0.05, 0) is 31.4 Å². The predicted octanol–water partition coefficient (Wildman–Crippen LogP) is 1.49. The zero-order valence-corrected chi connectivity index (χ0v) is 10.8. The molecule has 20 heavy (non-hydrogen) atoms. The molecule has 0 spiro atoms. The first-order chi connectivity index (χ1) is 9.61. The van der Waals surface area contributed by atoms with E-state index in [-0.39, 0.29) is 12.3 Å². The standard InChI is InChI=1S/C14H14N2O4/c17-12(15-14(13(18)19)6-3-7-14)8-10-9-4-1-2-5-11(9)20-16-10/h1-2,4-5H,3,6-8H2,(H,15,17)(H,18,19). The highest BCUT2D eigenvalue weighted by Gasteiger charge is 2.45. The molecule has 6 nitrogen and oxygen atoms in total. The Labute approximate surface area is 114 Å². The van der Waals surface area contributed by atoms with Gasteiger partial charge in [-0.3, -0.25) is 4.79 Å². The number of nitrogens with zero attached hydrogens (tertiary/aromatic N) is 1. The van der Waals surface area contributed by atoms with Crippen LogP contribution >= 0.6 is 0 Å². The molecule has 1 fully saturated rings. The maximum Gasteiger partial charge on any atom is 0.329 e. The molecule has 1 heterocycles. The number of carboxylic acid groups (broad SMARTS) is 1. The lowest BCUT2D eigenvalue weighted by atomic mass is 9.76. The van der Waals surface area contributed by atoms with E-state index in [9.17, 15) is 14.7 Å². The van der Waals surface area contributed by atoms with Crippen molar-refractivity contribution in [2.75, 3.05) is 0 Å². The molecule has 0 atom stereocenters. The molecule has 0 aliphatic heterocycles. The Morgan fingerprint density at radius 3 is 2.75 bits per heavy atom. The van der Waals surface area contributed by atoms with Gasteiger partial charge in [0.25, 0.3) is 0 Å². The van der Waals surface area contributed by atoms with Gasteiger partial charge in [0.15, 0.2) is 5.58 Å². The van der Waals surface area contributed by atoms with Crippen LogP contribution in [0.2, 0.25) is 0 Å². The number of nitrogens with one attached hydrogen (secondary N) is 1. The van der Waals surface area contributed by atoms with Crippen molar-refractivity contribution in [3.05, 3.63) is 30.0 Å². The molecule has 1 aliphatic rings. The molecule has 2 N–H and O–H groups in total. The first kappa shape index (κ1) is 12.7. The summed E-state index contributed by atoms with van der Waals surface area (Å²) in [6.45, 7) is 0. The van der Waals surface area contributed by atoms with Crippen LogP contribution in [0.25, 0.3) is 11.0 Å². The average molecular weight is 274 g/mol. The van der Waals surface area contributed by atoms with Crippen molar-refractivity contribution in [2.24, 2.45) is 0 Å². The molecule has 6 heteroatoms. The minimum Gasteiger partial charge on any atom is -0.480 e. The Balaban J connectivity index is 1.75. The second kappa shape index (κ2) is 4.63. The van der Waals surface area contributed by atoms with Gasteiger partial charge < -0.3 is 14.9 Å². The Bertz CT molecular complexity index is 673. The van der Waals surface area contributed by atoms with E-state index in [4.69, 9.17) is 4.52 Å². The van der Waals surface area contributed by atoms with Crippen molar-refractivity contribution in [2.45, 2.75) is 31.2 Å². The Morgan fingerprint density at radius 2 is 2.10 bits per heavy atom. The molecule has 0 unspecified atom stereocenters. The van der Waals surface area contributed by atoms with Gasteiger partial charge in [-0.15, -0.1) is 0 Å². The van der Waals surface area contributed by atoms with Crippen LogP contribution in [-0.4, -0.2) is 27.7 Å². The quantitative estimate of drug-likeness (QED) is 0.881. The van der Waals surface area contributed by atoms with Crippen LogP contribution in [0.3, 0.4) is 0 Å². The van der Waals surface area contributed by atoms with Crippen molar-refractivity contribution in [3.63, 3.8) is 0 Å². The summed E-state index contributed by atoms with van der Waals surface area (Å²) in [6.07, 6.45) is 1.80. The second-order valence-corrected chi connectivity index (χ2v) is 5.09. The summed E-state index contributed by atoms with van der Waals surface area (Å²) in [5.74, 6) is -1.31. The van der Waals surface area contributed by atoms with Crippen molar-refractivity contribution in [3.8, 4) is 0 Å². The van der Waals surface area contributed by atoms with Gasteiger partial charge in [-0.2, -0.15) is 0 Å². The molecule has 1 aromatic carbocycles. The zero-order chi connectivity index (χ0) is 14.2. The molecule has 1 aliphatic carbocycles. The molecule has 104 valence electrons. The fraction of sp³-hybridized carbons (Fsp3) is 0.357. The van der Waals surface area contributed by atoms with E-state index >= 15 is 0 Å². The first-order valence-corrected chi connectivity index (χ1v) is 6.48. The lowest BCUT2D eigenvalue weighted by molar-refractivity contribution is -0.151. The van der Waals surface area contributed by atoms with Crippen LogP contribution in [-0.2, 0) is 16.0 Å². The molecule has 0 radical (unpaired) electrons. The number of amides is 1. The van der Waals surface area contributed by atoms with Gasteiger partial charge in [0.1, 0.15) is 11.2 Å². The Morgan fingerprint density at radius 1 is 1.35 bits per heavy atom. The molecule has 1 aromatic heterocycles. The minimum atomic E-state index is -1.09. The molecule has 0 bridgehead atoms. The third-order valence-corrected chi connectivity index (χ3v) is 3.78. The molecule has 1 saturated carbocycles. The number of carbonyl (C=O) groups excluding carboxylic acids is 1. The monoisotopic (exact) mass is 274 g/mol. The average Bonchev–Trinajstić information content (AvgIpc) is 2.77. The molecular weight excluding hydrogens is 260 g/mol. The fourth-order valence-corrected chi connectivity index (χ4v) is 2.45. The van der Waals surface area contributed by atoms with Crippen LogP contribution < -0.4 is 5.32 Å². The summed E-state index contributed by atoms with van der Waals surface area (Å²) in [7, 11) is 0. The highest BCUT2D eigenvalue weighted by atomic mass is 16.5. The topological polar surface area (TPSA) is 92.4 Å². The van der Waals surface area contributed by atoms with Gasteiger partial charge in [0.05, 0.1) is 6.42 Å². The van der Waals surface area contributed by atoms with Crippen molar-refractivity contribution in [1.29, 1.82) is 0 Å². The largest absolute Gasteiger partial charge is 0.480 e. The third-order valence-electron chi connectivity index (χ3n) is 3.78. The number of carboxylic acids is 1. The number of carbonyl (C=O) groups is 2. The van der Waals surface area contributed by atoms with E-state index in [1.165, 1.54) is 0 Å². The fourth-order valence-electron chi connectivity index (χ4n) is 2.45. The maximum absolute atomic E-state index is 12.0. The summed E-state index contributed by atoms with van der Waals surface area (Å²) >= 11 is 0. The summed E-state index contributed by atoms with van der Waals surface area (Å²) < 4.78 is 5.12. The maximum atomic E-state index is 12.0. The smallest absolute Gasteiger partial charge is 0.329 e. The van der Waals surface area contributed by atoms with Crippen molar-refractivity contribution in [1.82, 2.24) is 10.5 Å². The van der Waals surface area contributed by atoms with Gasteiger partial charge in [-0.1, -0.05) is 17.3 Å². The number of hydrogen-bond acceptors (Lipinski definition) is 4. The summed E-state index contributed by atoms with van der Waals surface area (Å²) in [6, 6.07) is 7.26. The molecule has 2 aromatic rings. The van der Waals surface area contributed by atoms with Gasteiger partial charge >= 0.3 is 5.97 Å².